The van der Waals surface area contributed by atoms with E-state index in [0.717, 1.165) is 5.52 Å². The third-order valence-electron chi connectivity index (χ3n) is 2.33. The van der Waals surface area contributed by atoms with Gasteiger partial charge in [0.05, 0.1) is 23.7 Å². The average Bonchev–Trinajstić information content (AvgIpc) is 2.53. The lowest BCUT2D eigenvalue weighted by Crippen LogP contribution is -2.11. The van der Waals surface area contributed by atoms with Gasteiger partial charge in [0.2, 0.25) is 0 Å². The number of nitrogens with zero attached hydrogens (tertiary/aromatic N) is 1. The van der Waals surface area contributed by atoms with Gasteiger partial charge in [-0.3, -0.25) is 4.57 Å². The van der Waals surface area contributed by atoms with Gasteiger partial charge in [-0.1, -0.05) is 0 Å². The van der Waals surface area contributed by atoms with Crippen molar-refractivity contribution < 1.29 is 9.53 Å². The number of carbonyl (C=O) groups is 1. The van der Waals surface area contributed by atoms with Gasteiger partial charge in [0, 0.05) is 7.05 Å². The van der Waals surface area contributed by atoms with Crippen LogP contribution in [0.5, 0.6) is 0 Å². The molecule has 1 N–H and O–H groups in total. The molecule has 0 unspecified atom stereocenters. The van der Waals surface area contributed by atoms with Crippen LogP contribution in [0.3, 0.4) is 0 Å². The number of carbonyl (C=O) groups excluding carboxylic acids is 1. The SMILES string of the molecule is COC(=O)c1ccc2c(c1)[nH]c(=O)n2C. The number of aryl methyl sites for hydroxylation is 1. The number of rotatable bonds is 1. The van der Waals surface area contributed by atoms with Crippen LogP contribution in [-0.4, -0.2) is 22.6 Å². The minimum absolute atomic E-state index is 0.202. The summed E-state index contributed by atoms with van der Waals surface area (Å²) < 4.78 is 6.07. The van der Waals surface area contributed by atoms with Crippen LogP contribution in [0.4, 0.5) is 0 Å². The van der Waals surface area contributed by atoms with Crippen molar-refractivity contribution in [2.45, 2.75) is 0 Å². The standard InChI is InChI=1S/C10H10N2O3/c1-12-8-4-3-6(9(13)15-2)5-7(8)11-10(12)14/h3-5H,1-2H3,(H,11,14). The van der Waals surface area contributed by atoms with Crippen LogP contribution in [0.1, 0.15) is 10.4 Å². The maximum absolute atomic E-state index is 11.3. The predicted molar refractivity (Wildman–Crippen MR) is 54.9 cm³/mol. The van der Waals surface area contributed by atoms with Crippen LogP contribution in [-0.2, 0) is 11.8 Å². The van der Waals surface area contributed by atoms with Gasteiger partial charge >= 0.3 is 11.7 Å². The van der Waals surface area contributed by atoms with Crippen molar-refractivity contribution in [3.63, 3.8) is 0 Å². The minimum atomic E-state index is -0.415. The first kappa shape index (κ1) is 9.51. The predicted octanol–water partition coefficient (Wildman–Crippen LogP) is 0.653. The van der Waals surface area contributed by atoms with E-state index in [0.29, 0.717) is 11.1 Å². The lowest BCUT2D eigenvalue weighted by Gasteiger charge is -1.99. The molecule has 15 heavy (non-hydrogen) atoms. The number of hydrogen-bond donors (Lipinski definition) is 1. The lowest BCUT2D eigenvalue weighted by molar-refractivity contribution is 0.0601. The number of aromatic amines is 1. The van der Waals surface area contributed by atoms with Gasteiger partial charge in [0.25, 0.3) is 0 Å². The molecule has 0 bridgehead atoms. The van der Waals surface area contributed by atoms with Crippen LogP contribution < -0.4 is 5.69 Å². The number of methoxy groups -OCH3 is 1. The number of hydrogen-bond acceptors (Lipinski definition) is 3. The summed E-state index contributed by atoms with van der Waals surface area (Å²) in [5.74, 6) is -0.415. The fourth-order valence-electron chi connectivity index (χ4n) is 1.48. The summed E-state index contributed by atoms with van der Waals surface area (Å²) in [6, 6.07) is 4.93. The van der Waals surface area contributed by atoms with Gasteiger partial charge in [-0.2, -0.15) is 0 Å². The second-order valence-electron chi connectivity index (χ2n) is 3.21. The highest BCUT2D eigenvalue weighted by molar-refractivity contribution is 5.93. The van der Waals surface area contributed by atoms with Crippen molar-refractivity contribution in [2.75, 3.05) is 7.11 Å². The highest BCUT2D eigenvalue weighted by atomic mass is 16.5. The molecule has 1 heterocycles. The molecule has 5 nitrogen and oxygen atoms in total. The molecule has 0 spiro atoms. The van der Waals surface area contributed by atoms with Crippen LogP contribution >= 0.6 is 0 Å². The Morgan fingerprint density at radius 3 is 2.87 bits per heavy atom. The normalized spacial score (nSPS) is 10.5. The monoisotopic (exact) mass is 206 g/mol. The number of aromatic nitrogens is 2. The molecule has 1 aromatic carbocycles. The van der Waals surface area contributed by atoms with Crippen LogP contribution in [0, 0.1) is 0 Å². The van der Waals surface area contributed by atoms with Crippen molar-refractivity contribution >= 4 is 17.0 Å². The molecule has 0 radical (unpaired) electrons. The minimum Gasteiger partial charge on any atom is -0.465 e. The van der Waals surface area contributed by atoms with Gasteiger partial charge in [-0.25, -0.2) is 9.59 Å². The summed E-state index contributed by atoms with van der Waals surface area (Å²) in [4.78, 5) is 25.2. The summed E-state index contributed by atoms with van der Waals surface area (Å²) in [6.45, 7) is 0. The summed E-state index contributed by atoms with van der Waals surface area (Å²) >= 11 is 0. The second kappa shape index (κ2) is 3.27. The van der Waals surface area contributed by atoms with Gasteiger partial charge < -0.3 is 9.72 Å². The molecule has 0 aliphatic heterocycles. The maximum Gasteiger partial charge on any atom is 0.337 e. The largest absolute Gasteiger partial charge is 0.465 e. The van der Waals surface area contributed by atoms with E-state index in [4.69, 9.17) is 0 Å². The first-order valence-corrected chi connectivity index (χ1v) is 4.40. The van der Waals surface area contributed by atoms with E-state index in [-0.39, 0.29) is 5.69 Å². The summed E-state index contributed by atoms with van der Waals surface area (Å²) in [7, 11) is 2.99. The molecule has 0 saturated heterocycles. The molecule has 0 aliphatic rings. The van der Waals surface area contributed by atoms with Gasteiger partial charge in [0.15, 0.2) is 0 Å². The molecule has 0 aliphatic carbocycles. The van der Waals surface area contributed by atoms with Crippen molar-refractivity contribution in [2.24, 2.45) is 7.05 Å². The molecular formula is C10H10N2O3. The third-order valence-corrected chi connectivity index (χ3v) is 2.33. The van der Waals surface area contributed by atoms with Crippen LogP contribution in [0.25, 0.3) is 11.0 Å². The number of fused-ring (bicyclic) bond motifs is 1. The quantitative estimate of drug-likeness (QED) is 0.697. The highest BCUT2D eigenvalue weighted by Crippen LogP contribution is 2.12. The zero-order valence-corrected chi connectivity index (χ0v) is 8.40. The van der Waals surface area contributed by atoms with Gasteiger partial charge in [-0.15, -0.1) is 0 Å². The highest BCUT2D eigenvalue weighted by Gasteiger charge is 2.08. The van der Waals surface area contributed by atoms with Crippen LogP contribution in [0.2, 0.25) is 0 Å². The molecule has 5 heteroatoms. The van der Waals surface area contributed by atoms with E-state index < -0.39 is 5.97 Å². The van der Waals surface area contributed by atoms with E-state index in [2.05, 4.69) is 9.72 Å². The molecule has 0 fully saturated rings. The summed E-state index contributed by atoms with van der Waals surface area (Å²) in [5, 5.41) is 0. The average molecular weight is 206 g/mol. The topological polar surface area (TPSA) is 64.1 Å². The number of benzene rings is 1. The van der Waals surface area contributed by atoms with Gasteiger partial charge in [0.1, 0.15) is 0 Å². The molecule has 1 aromatic heterocycles. The molecule has 0 atom stereocenters. The first-order chi connectivity index (χ1) is 7.13. The number of imidazole rings is 1. The molecule has 78 valence electrons. The fourth-order valence-corrected chi connectivity index (χ4v) is 1.48. The Morgan fingerprint density at radius 1 is 1.47 bits per heavy atom. The molecular weight excluding hydrogens is 196 g/mol. The number of nitrogens with one attached hydrogen (secondary N) is 1. The molecule has 2 rings (SSSR count). The Labute approximate surface area is 85.3 Å². The number of ether oxygens (including phenoxy) is 1. The van der Waals surface area contributed by atoms with E-state index in [1.54, 1.807) is 25.2 Å². The Morgan fingerprint density at radius 2 is 2.20 bits per heavy atom. The zero-order chi connectivity index (χ0) is 11.0. The maximum atomic E-state index is 11.3. The fraction of sp³-hybridized carbons (Fsp3) is 0.200. The van der Waals surface area contributed by atoms with Crippen molar-refractivity contribution in [3.8, 4) is 0 Å². The molecule has 0 saturated carbocycles. The Kier molecular flexibility index (Phi) is 2.07. The van der Waals surface area contributed by atoms with Gasteiger partial charge in [-0.05, 0) is 18.2 Å². The number of H-pyrrole nitrogens is 1. The Balaban J connectivity index is 2.67. The summed E-state index contributed by atoms with van der Waals surface area (Å²) in [6.07, 6.45) is 0. The third kappa shape index (κ3) is 1.41. The van der Waals surface area contributed by atoms with Crippen molar-refractivity contribution in [3.05, 3.63) is 34.2 Å². The van der Waals surface area contributed by atoms with Crippen molar-refractivity contribution in [1.82, 2.24) is 9.55 Å². The Hall–Kier alpha value is -2.04. The first-order valence-electron chi connectivity index (χ1n) is 4.40. The Bertz CT molecular complexity index is 580. The zero-order valence-electron chi connectivity index (χ0n) is 8.40. The lowest BCUT2D eigenvalue weighted by atomic mass is 10.2. The molecule has 0 amide bonds. The van der Waals surface area contributed by atoms with Crippen molar-refractivity contribution in [1.29, 1.82) is 0 Å². The molecule has 2 aromatic rings. The van der Waals surface area contributed by atoms with E-state index in [1.807, 2.05) is 0 Å². The second-order valence-corrected chi connectivity index (χ2v) is 3.21. The van der Waals surface area contributed by atoms with E-state index in [9.17, 15) is 9.59 Å². The van der Waals surface area contributed by atoms with E-state index in [1.165, 1.54) is 11.7 Å². The summed E-state index contributed by atoms with van der Waals surface area (Å²) in [5.41, 5.74) is 1.61. The van der Waals surface area contributed by atoms with E-state index >= 15 is 0 Å². The van der Waals surface area contributed by atoms with Crippen LogP contribution in [0.15, 0.2) is 23.0 Å². The number of esters is 1. The smallest absolute Gasteiger partial charge is 0.337 e.